The fourth-order valence-corrected chi connectivity index (χ4v) is 1.03. The van der Waals surface area contributed by atoms with Crippen LogP contribution in [-0.4, -0.2) is 20.1 Å². The molecule has 0 bridgehead atoms. The smallest absolute Gasteiger partial charge is 0.519 e. The number of hydrogen-bond acceptors (Lipinski definition) is 2. The molecule has 0 N–H and O–H groups in total. The van der Waals surface area contributed by atoms with Crippen LogP contribution >= 0.6 is 0 Å². The van der Waals surface area contributed by atoms with Gasteiger partial charge in [0.15, 0.2) is 11.5 Å². The molecule has 0 amide bonds. The van der Waals surface area contributed by atoms with Crippen LogP contribution in [0.3, 0.4) is 0 Å². The maximum absolute atomic E-state index is 12.0. The van der Waals surface area contributed by atoms with Gasteiger partial charge in [-0.3, -0.25) is 0 Å². The summed E-state index contributed by atoms with van der Waals surface area (Å²) in [6.07, 6.45) is 0. The Bertz CT molecular complexity index is 320. The third kappa shape index (κ3) is 6.15. The predicted molar refractivity (Wildman–Crippen MR) is 52.2 cm³/mol. The van der Waals surface area contributed by atoms with Crippen molar-refractivity contribution in [1.29, 1.82) is 0 Å². The van der Waals surface area contributed by atoms with Crippen LogP contribution in [0.25, 0.3) is 0 Å². The van der Waals surface area contributed by atoms with Crippen molar-refractivity contribution in [3.63, 3.8) is 0 Å². The second kappa shape index (κ2) is 7.60. The average Bonchev–Trinajstić information content (AvgIpc) is 2.16. The summed E-state index contributed by atoms with van der Waals surface area (Å²) in [5.41, 5.74) is 0. The van der Waals surface area contributed by atoms with Crippen molar-refractivity contribution in [3.8, 4) is 11.5 Å². The van der Waals surface area contributed by atoms with Crippen molar-refractivity contribution in [1.82, 2.24) is 0 Å². The first-order valence-corrected chi connectivity index (χ1v) is 4.58. The van der Waals surface area contributed by atoms with E-state index in [0.29, 0.717) is 12.4 Å². The Labute approximate surface area is 135 Å². The fourth-order valence-electron chi connectivity index (χ4n) is 1.03. The van der Waals surface area contributed by atoms with Gasteiger partial charge in [-0.25, -0.2) is 0 Å². The Morgan fingerprint density at radius 2 is 1.56 bits per heavy atom. The van der Waals surface area contributed by atoms with Gasteiger partial charge < -0.3 is 22.4 Å². The number of halogens is 3. The molecule has 0 atom stereocenters. The van der Waals surface area contributed by atoms with Gasteiger partial charge in [-0.05, 0) is 19.1 Å². The molecule has 0 aromatic heterocycles. The molecule has 0 spiro atoms. The molecule has 0 heterocycles. The second-order valence-corrected chi connectivity index (χ2v) is 2.90. The first-order chi connectivity index (χ1) is 7.03. The van der Waals surface area contributed by atoms with Gasteiger partial charge in [-0.1, -0.05) is 12.1 Å². The summed E-state index contributed by atoms with van der Waals surface area (Å²) in [7, 11) is 0. The Morgan fingerprint density at radius 1 is 1.06 bits per heavy atom. The van der Waals surface area contributed by atoms with Crippen molar-refractivity contribution in [2.24, 2.45) is 0 Å². The Hall–Kier alpha value is 0.311. The van der Waals surface area contributed by atoms with Crippen LogP contribution in [-0.2, 0) is 0 Å². The molecule has 0 saturated heterocycles. The van der Waals surface area contributed by atoms with E-state index in [9.17, 15) is 12.9 Å². The van der Waals surface area contributed by atoms with Gasteiger partial charge in [0.1, 0.15) is 0 Å². The first kappa shape index (κ1) is 16.3. The third-order valence-corrected chi connectivity index (χ3v) is 1.58. The molecule has 2 nitrogen and oxygen atoms in total. The van der Waals surface area contributed by atoms with Crippen molar-refractivity contribution in [2.45, 2.75) is 6.92 Å². The summed E-state index contributed by atoms with van der Waals surface area (Å²) in [5.74, 6) is 0.457. The molecule has 1 rings (SSSR count). The van der Waals surface area contributed by atoms with E-state index in [2.05, 4.69) is 4.74 Å². The topological polar surface area (TPSA) is 18.5 Å². The van der Waals surface area contributed by atoms with E-state index in [1.165, 1.54) is 6.07 Å². The second-order valence-electron chi connectivity index (χ2n) is 2.90. The molecule has 0 radical (unpaired) electrons. The van der Waals surface area contributed by atoms with Crippen molar-refractivity contribution >= 4 is 6.98 Å². The van der Waals surface area contributed by atoms with E-state index in [4.69, 9.17) is 4.74 Å². The molecule has 0 aliphatic heterocycles. The van der Waals surface area contributed by atoms with Crippen molar-refractivity contribution in [2.75, 3.05) is 13.1 Å². The normalized spacial score (nSPS) is 10.5. The Balaban J connectivity index is 0.00000225. The van der Waals surface area contributed by atoms with Crippen LogP contribution < -0.4 is 60.9 Å². The SMILES string of the molecule is CCOc1ccccc1OC[B-](F)(F)F.[K+]. The Kier molecular flexibility index (Phi) is 7.75. The quantitative estimate of drug-likeness (QED) is 0.684. The summed E-state index contributed by atoms with van der Waals surface area (Å²) in [6.45, 7) is -4.04. The van der Waals surface area contributed by atoms with Gasteiger partial charge >= 0.3 is 58.4 Å². The maximum atomic E-state index is 12.0. The average molecular weight is 258 g/mol. The minimum Gasteiger partial charge on any atom is -0.519 e. The van der Waals surface area contributed by atoms with Crippen LogP contribution in [0.5, 0.6) is 11.5 Å². The van der Waals surface area contributed by atoms with E-state index in [0.717, 1.165) is 0 Å². The van der Waals surface area contributed by atoms with Gasteiger partial charge in [0.25, 0.3) is 0 Å². The van der Waals surface area contributed by atoms with Gasteiger partial charge in [0, 0.05) is 0 Å². The van der Waals surface area contributed by atoms with E-state index in [1.54, 1.807) is 25.1 Å². The summed E-state index contributed by atoms with van der Waals surface area (Å²) >= 11 is 0. The number of benzene rings is 1. The predicted octanol–water partition coefficient (Wildman–Crippen LogP) is -0.145. The molecular weight excluding hydrogens is 247 g/mol. The van der Waals surface area contributed by atoms with Gasteiger partial charge in [-0.15, -0.1) is 0 Å². The zero-order valence-corrected chi connectivity index (χ0v) is 12.4. The molecule has 0 saturated carbocycles. The molecular formula is C9H11BF3KO2. The molecule has 0 unspecified atom stereocenters. The fraction of sp³-hybridized carbons (Fsp3) is 0.333. The van der Waals surface area contributed by atoms with Gasteiger partial charge in [-0.2, -0.15) is 0 Å². The van der Waals surface area contributed by atoms with E-state index in [1.807, 2.05) is 0 Å². The van der Waals surface area contributed by atoms with Crippen LogP contribution in [0, 0.1) is 0 Å². The largest absolute Gasteiger partial charge is 1.00 e. The number of ether oxygens (including phenoxy) is 2. The van der Waals surface area contributed by atoms with Crippen LogP contribution in [0.4, 0.5) is 12.9 Å². The van der Waals surface area contributed by atoms with Crippen LogP contribution in [0.15, 0.2) is 24.3 Å². The van der Waals surface area contributed by atoms with E-state index >= 15 is 0 Å². The number of hydrogen-bond donors (Lipinski definition) is 0. The summed E-state index contributed by atoms with van der Waals surface area (Å²) < 4.78 is 45.6. The van der Waals surface area contributed by atoms with Gasteiger partial charge in [0.2, 0.25) is 0 Å². The van der Waals surface area contributed by atoms with Gasteiger partial charge in [0.05, 0.1) is 13.1 Å². The first-order valence-electron chi connectivity index (χ1n) is 4.58. The molecule has 0 aliphatic carbocycles. The van der Waals surface area contributed by atoms with Crippen LogP contribution in [0.1, 0.15) is 6.92 Å². The van der Waals surface area contributed by atoms with E-state index < -0.39 is 13.5 Å². The molecule has 0 aliphatic rings. The molecule has 1 aromatic carbocycles. The minimum atomic E-state index is -4.93. The zero-order chi connectivity index (χ0) is 11.3. The monoisotopic (exact) mass is 258 g/mol. The third-order valence-electron chi connectivity index (χ3n) is 1.58. The van der Waals surface area contributed by atoms with Crippen molar-refractivity contribution in [3.05, 3.63) is 24.3 Å². The zero-order valence-electron chi connectivity index (χ0n) is 9.25. The minimum absolute atomic E-state index is 0. The van der Waals surface area contributed by atoms with E-state index in [-0.39, 0.29) is 57.1 Å². The summed E-state index contributed by atoms with van der Waals surface area (Å²) in [4.78, 5) is 0. The standard InChI is InChI=1S/C9H11BF3O2.K/c1-2-14-8-5-3-4-6-9(8)15-7-10(11,12)13;/h3-6H,2,7H2,1H3;/q-1;+1. The van der Waals surface area contributed by atoms with Crippen molar-refractivity contribution < 1.29 is 73.8 Å². The Morgan fingerprint density at radius 3 is 2.00 bits per heavy atom. The maximum Gasteiger partial charge on any atom is 1.00 e. The molecule has 84 valence electrons. The molecule has 0 fully saturated rings. The number of para-hydroxylation sites is 2. The summed E-state index contributed by atoms with van der Waals surface area (Å²) in [6, 6.07) is 6.30. The molecule has 7 heteroatoms. The molecule has 1 aromatic rings. The summed E-state index contributed by atoms with van der Waals surface area (Å²) in [5, 5.41) is 0. The van der Waals surface area contributed by atoms with Crippen LogP contribution in [0.2, 0.25) is 0 Å². The number of rotatable bonds is 5. The molecule has 16 heavy (non-hydrogen) atoms.